The molecule has 1 aromatic carbocycles. The van der Waals surface area contributed by atoms with Crippen LogP contribution in [0.2, 0.25) is 0 Å². The van der Waals surface area contributed by atoms with Crippen molar-refractivity contribution >= 4 is 11.8 Å². The second kappa shape index (κ2) is 7.68. The summed E-state index contributed by atoms with van der Waals surface area (Å²) in [7, 11) is 0. The Hall–Kier alpha value is -2.05. The van der Waals surface area contributed by atoms with Crippen molar-refractivity contribution in [2.75, 3.05) is 13.1 Å². The molecule has 1 N–H and O–H groups in total. The maximum absolute atomic E-state index is 12.5. The fourth-order valence-corrected chi connectivity index (χ4v) is 3.83. The van der Waals surface area contributed by atoms with Crippen LogP contribution >= 0.6 is 0 Å². The van der Waals surface area contributed by atoms with Gasteiger partial charge < -0.3 is 10.2 Å². The zero-order valence-electron chi connectivity index (χ0n) is 14.5. The van der Waals surface area contributed by atoms with Crippen LogP contribution in [-0.2, 0) is 22.2 Å². The van der Waals surface area contributed by atoms with Crippen LogP contribution in [0.25, 0.3) is 0 Å². The van der Waals surface area contributed by atoms with Gasteiger partial charge >= 0.3 is 6.18 Å². The maximum atomic E-state index is 12.5. The minimum atomic E-state index is -4.37. The molecule has 1 aliphatic heterocycles. The predicted molar refractivity (Wildman–Crippen MR) is 90.2 cm³/mol. The molecule has 0 spiro atoms. The van der Waals surface area contributed by atoms with E-state index in [4.69, 9.17) is 0 Å². The molecule has 0 radical (unpaired) electrons. The Morgan fingerprint density at radius 1 is 1.15 bits per heavy atom. The van der Waals surface area contributed by atoms with E-state index in [1.165, 1.54) is 25.0 Å². The van der Waals surface area contributed by atoms with Gasteiger partial charge in [-0.1, -0.05) is 25.0 Å². The summed E-state index contributed by atoms with van der Waals surface area (Å²) in [6.07, 6.45) is 0.590. The van der Waals surface area contributed by atoms with Gasteiger partial charge in [0.25, 0.3) is 0 Å². The lowest BCUT2D eigenvalue weighted by atomic mass is 10.1. The number of carbonyl (C=O) groups excluding carboxylic acids is 2. The normalized spacial score (nSPS) is 21.4. The molecular formula is C19H23F3N2O2. The van der Waals surface area contributed by atoms with Crippen LogP contribution in [0, 0.1) is 5.92 Å². The average Bonchev–Trinajstić information content (AvgIpc) is 3.22. The smallest absolute Gasteiger partial charge is 0.355 e. The van der Waals surface area contributed by atoms with Gasteiger partial charge in [0.2, 0.25) is 11.8 Å². The summed E-state index contributed by atoms with van der Waals surface area (Å²) < 4.78 is 37.6. The molecule has 0 bridgehead atoms. The van der Waals surface area contributed by atoms with Gasteiger partial charge in [-0.2, -0.15) is 13.2 Å². The molecule has 2 amide bonds. The molecule has 2 aliphatic rings. The SMILES string of the molecule is O=C(Cc1ccc(C(F)(F)F)cc1)NCC1CC(=O)N(C2CCCC2)C1. The molecule has 26 heavy (non-hydrogen) atoms. The number of amides is 2. The Kier molecular flexibility index (Phi) is 5.53. The Balaban J connectivity index is 1.45. The number of likely N-dealkylation sites (tertiary alicyclic amines) is 1. The van der Waals surface area contributed by atoms with E-state index in [1.807, 2.05) is 4.90 Å². The van der Waals surface area contributed by atoms with Crippen LogP contribution in [0.3, 0.4) is 0 Å². The third-order valence-corrected chi connectivity index (χ3v) is 5.24. The van der Waals surface area contributed by atoms with Crippen molar-refractivity contribution in [1.82, 2.24) is 10.2 Å². The van der Waals surface area contributed by atoms with E-state index in [0.717, 1.165) is 25.0 Å². The zero-order valence-corrected chi connectivity index (χ0v) is 14.5. The molecule has 4 nitrogen and oxygen atoms in total. The van der Waals surface area contributed by atoms with E-state index in [-0.39, 0.29) is 24.2 Å². The first-order chi connectivity index (χ1) is 12.3. The summed E-state index contributed by atoms with van der Waals surface area (Å²) in [5, 5.41) is 2.81. The summed E-state index contributed by atoms with van der Waals surface area (Å²) >= 11 is 0. The highest BCUT2D eigenvalue weighted by atomic mass is 19.4. The molecule has 1 saturated carbocycles. The topological polar surface area (TPSA) is 49.4 Å². The van der Waals surface area contributed by atoms with Crippen LogP contribution < -0.4 is 5.32 Å². The summed E-state index contributed by atoms with van der Waals surface area (Å²) in [6, 6.07) is 4.97. The number of hydrogen-bond acceptors (Lipinski definition) is 2. The number of rotatable bonds is 5. The highest BCUT2D eigenvalue weighted by molar-refractivity contribution is 5.80. The lowest BCUT2D eigenvalue weighted by molar-refractivity contribution is -0.137. The van der Waals surface area contributed by atoms with Crippen molar-refractivity contribution in [2.45, 2.75) is 50.7 Å². The van der Waals surface area contributed by atoms with Crippen LogP contribution in [0.5, 0.6) is 0 Å². The minimum absolute atomic E-state index is 0.0329. The summed E-state index contributed by atoms with van der Waals surface area (Å²) in [5.74, 6) is 0.0371. The monoisotopic (exact) mass is 368 g/mol. The Bertz CT molecular complexity index is 652. The molecule has 1 heterocycles. The first-order valence-corrected chi connectivity index (χ1v) is 9.05. The summed E-state index contributed by atoms with van der Waals surface area (Å²) in [5.41, 5.74) is -0.191. The molecule has 1 aromatic rings. The van der Waals surface area contributed by atoms with E-state index in [1.54, 1.807) is 0 Å². The maximum Gasteiger partial charge on any atom is 0.416 e. The number of alkyl halides is 3. The molecule has 142 valence electrons. The molecule has 0 aromatic heterocycles. The van der Waals surface area contributed by atoms with E-state index in [2.05, 4.69) is 5.32 Å². The summed E-state index contributed by atoms with van der Waals surface area (Å²) in [4.78, 5) is 26.1. The summed E-state index contributed by atoms with van der Waals surface area (Å²) in [6.45, 7) is 1.11. The zero-order chi connectivity index (χ0) is 18.7. The van der Waals surface area contributed by atoms with Crippen LogP contribution in [0.1, 0.15) is 43.2 Å². The molecule has 2 fully saturated rings. The van der Waals surface area contributed by atoms with E-state index < -0.39 is 11.7 Å². The molecule has 1 aliphatic carbocycles. The molecule has 1 atom stereocenters. The Morgan fingerprint density at radius 2 is 1.81 bits per heavy atom. The van der Waals surface area contributed by atoms with Crippen LogP contribution in [0.4, 0.5) is 13.2 Å². The number of halogens is 3. The number of benzene rings is 1. The standard InChI is InChI=1S/C19H23F3N2O2/c20-19(21,22)15-7-5-13(6-8-15)9-17(25)23-11-14-10-18(26)24(12-14)16-3-1-2-4-16/h5-8,14,16H,1-4,9-12H2,(H,23,25). The molecule has 1 unspecified atom stereocenters. The Morgan fingerprint density at radius 3 is 2.42 bits per heavy atom. The van der Waals surface area contributed by atoms with Crippen molar-refractivity contribution in [3.8, 4) is 0 Å². The molecular weight excluding hydrogens is 345 g/mol. The van der Waals surface area contributed by atoms with Gasteiger partial charge in [0.1, 0.15) is 0 Å². The van der Waals surface area contributed by atoms with Crippen molar-refractivity contribution < 1.29 is 22.8 Å². The number of nitrogens with one attached hydrogen (secondary N) is 1. The lowest BCUT2D eigenvalue weighted by Crippen LogP contribution is -2.36. The van der Waals surface area contributed by atoms with Gasteiger partial charge in [0.15, 0.2) is 0 Å². The first kappa shape index (κ1) is 18.7. The lowest BCUT2D eigenvalue weighted by Gasteiger charge is -2.24. The second-order valence-corrected chi connectivity index (χ2v) is 7.23. The van der Waals surface area contributed by atoms with Gasteiger partial charge in [-0.3, -0.25) is 9.59 Å². The molecule has 1 saturated heterocycles. The van der Waals surface area contributed by atoms with Crippen molar-refractivity contribution in [3.63, 3.8) is 0 Å². The molecule has 7 heteroatoms. The van der Waals surface area contributed by atoms with Gasteiger partial charge in [-0.05, 0) is 30.5 Å². The number of carbonyl (C=O) groups is 2. The largest absolute Gasteiger partial charge is 0.416 e. The second-order valence-electron chi connectivity index (χ2n) is 7.23. The highest BCUT2D eigenvalue weighted by Gasteiger charge is 2.35. The average molecular weight is 368 g/mol. The third-order valence-electron chi connectivity index (χ3n) is 5.24. The fourth-order valence-electron chi connectivity index (χ4n) is 3.83. The van der Waals surface area contributed by atoms with Crippen LogP contribution in [-0.4, -0.2) is 35.8 Å². The molecule has 3 rings (SSSR count). The fraction of sp³-hybridized carbons (Fsp3) is 0.579. The number of nitrogens with zero attached hydrogens (tertiary/aromatic N) is 1. The van der Waals surface area contributed by atoms with Gasteiger partial charge in [0.05, 0.1) is 12.0 Å². The van der Waals surface area contributed by atoms with Gasteiger partial charge in [-0.25, -0.2) is 0 Å². The van der Waals surface area contributed by atoms with Crippen LogP contribution in [0.15, 0.2) is 24.3 Å². The number of hydrogen-bond donors (Lipinski definition) is 1. The van der Waals surface area contributed by atoms with E-state index in [9.17, 15) is 22.8 Å². The van der Waals surface area contributed by atoms with Gasteiger partial charge in [-0.15, -0.1) is 0 Å². The highest BCUT2D eigenvalue weighted by Crippen LogP contribution is 2.30. The quantitative estimate of drug-likeness (QED) is 0.868. The first-order valence-electron chi connectivity index (χ1n) is 9.05. The van der Waals surface area contributed by atoms with E-state index >= 15 is 0 Å². The van der Waals surface area contributed by atoms with E-state index in [0.29, 0.717) is 31.1 Å². The van der Waals surface area contributed by atoms with Gasteiger partial charge in [0, 0.05) is 31.5 Å². The third kappa shape index (κ3) is 4.56. The van der Waals surface area contributed by atoms with Crippen molar-refractivity contribution in [3.05, 3.63) is 35.4 Å². The minimum Gasteiger partial charge on any atom is -0.355 e. The van der Waals surface area contributed by atoms with Crippen molar-refractivity contribution in [1.29, 1.82) is 0 Å². The van der Waals surface area contributed by atoms with Crippen molar-refractivity contribution in [2.24, 2.45) is 5.92 Å². The predicted octanol–water partition coefficient (Wildman–Crippen LogP) is 3.16. The Labute approximate surface area is 150 Å².